The summed E-state index contributed by atoms with van der Waals surface area (Å²) in [6.45, 7) is 4.87. The first-order valence-electron chi connectivity index (χ1n) is 6.84. The van der Waals surface area contributed by atoms with Gasteiger partial charge in [0.25, 0.3) is 0 Å². The Balaban J connectivity index is 0.000000459. The number of hydrogen-bond acceptors (Lipinski definition) is 7. The number of nitrogens with zero attached hydrogens (tertiary/aromatic N) is 1. The van der Waals surface area contributed by atoms with Crippen molar-refractivity contribution in [2.45, 2.75) is 20.8 Å². The summed E-state index contributed by atoms with van der Waals surface area (Å²) >= 11 is 0. The van der Waals surface area contributed by atoms with Crippen molar-refractivity contribution < 1.29 is 27.2 Å². The number of anilines is 1. The lowest BCUT2D eigenvalue weighted by molar-refractivity contribution is -0.137. The van der Waals surface area contributed by atoms with Gasteiger partial charge in [0.15, 0.2) is 0 Å². The third kappa shape index (κ3) is 7.93. The topological polar surface area (TPSA) is 119 Å². The highest BCUT2D eigenvalue weighted by molar-refractivity contribution is 7.84. The lowest BCUT2D eigenvalue weighted by Crippen LogP contribution is -2.33. The maximum absolute atomic E-state index is 11.1. The number of aliphatic hydroxyl groups excluding tert-OH is 1. The first-order valence-corrected chi connectivity index (χ1v) is 8.21. The average Bonchev–Trinajstić information content (AvgIpc) is 2.50. The monoisotopic (exact) mass is 348 g/mol. The van der Waals surface area contributed by atoms with Gasteiger partial charge in [0, 0.05) is 19.3 Å². The molecular formula is C14H24N2O6S. The van der Waals surface area contributed by atoms with Crippen LogP contribution < -0.4 is 5.73 Å². The van der Waals surface area contributed by atoms with Gasteiger partial charge < -0.3 is 19.8 Å². The second-order valence-corrected chi connectivity index (χ2v) is 6.24. The molecular weight excluding hydrogens is 324 g/mol. The van der Waals surface area contributed by atoms with E-state index in [4.69, 9.17) is 15.6 Å². The Morgan fingerprint density at radius 3 is 2.22 bits per heavy atom. The van der Waals surface area contributed by atoms with Gasteiger partial charge in [-0.15, -0.1) is 4.31 Å². The Bertz CT molecular complexity index is 583. The van der Waals surface area contributed by atoms with Crippen molar-refractivity contribution in [3.8, 4) is 0 Å². The highest BCUT2D eigenvalue weighted by Crippen LogP contribution is 2.13. The van der Waals surface area contributed by atoms with E-state index in [1.54, 1.807) is 6.92 Å². The number of hydrogen-bond donors (Lipinski definition) is 2. The first-order chi connectivity index (χ1) is 10.7. The fourth-order valence-electron chi connectivity index (χ4n) is 1.32. The molecule has 0 aliphatic carbocycles. The normalized spacial score (nSPS) is 10.9. The van der Waals surface area contributed by atoms with Crippen LogP contribution >= 0.6 is 0 Å². The van der Waals surface area contributed by atoms with Gasteiger partial charge in [-0.3, -0.25) is 0 Å². The molecule has 0 unspecified atom stereocenters. The van der Waals surface area contributed by atoms with Crippen molar-refractivity contribution in [2.75, 3.05) is 32.7 Å². The van der Waals surface area contributed by atoms with E-state index in [9.17, 15) is 13.2 Å². The van der Waals surface area contributed by atoms with Crippen LogP contribution in [0.1, 0.15) is 18.1 Å². The Labute approximate surface area is 137 Å². The number of aliphatic hydroxyl groups is 1. The zero-order valence-corrected chi connectivity index (χ0v) is 14.6. The average molecular weight is 348 g/mol. The van der Waals surface area contributed by atoms with Crippen molar-refractivity contribution in [1.82, 2.24) is 4.31 Å². The van der Waals surface area contributed by atoms with E-state index in [1.165, 1.54) is 7.05 Å². The van der Waals surface area contributed by atoms with Crippen molar-refractivity contribution in [3.63, 3.8) is 0 Å². The van der Waals surface area contributed by atoms with Gasteiger partial charge >= 0.3 is 16.3 Å². The van der Waals surface area contributed by atoms with Crippen molar-refractivity contribution >= 4 is 22.0 Å². The van der Waals surface area contributed by atoms with Crippen LogP contribution in [0.3, 0.4) is 0 Å². The van der Waals surface area contributed by atoms with Gasteiger partial charge in [-0.25, -0.2) is 4.79 Å². The lowest BCUT2D eigenvalue weighted by Gasteiger charge is -2.14. The summed E-state index contributed by atoms with van der Waals surface area (Å²) in [5.41, 5.74) is 8.92. The highest BCUT2D eigenvalue weighted by atomic mass is 32.2. The predicted octanol–water partition coefficient (Wildman–Crippen LogP) is 0.578. The molecule has 1 aromatic rings. The molecule has 0 aliphatic rings. The molecule has 132 valence electrons. The van der Waals surface area contributed by atoms with Crippen LogP contribution in [-0.4, -0.2) is 50.8 Å². The van der Waals surface area contributed by atoms with E-state index in [0.29, 0.717) is 10.9 Å². The minimum absolute atomic E-state index is 0.211. The summed E-state index contributed by atoms with van der Waals surface area (Å²) in [4.78, 5) is 10.5. The standard InChI is InChI=1S/C8H11N.C6H13NO6S/c1-6-4-3-5-7(2)8(6)9;1-3-12-5-7(2)14(10,11)13-6(9)4-8/h3-5H,9H2,1-2H3;8H,3-5H2,1-2H3. The molecule has 9 heteroatoms. The molecule has 0 saturated carbocycles. The Morgan fingerprint density at radius 2 is 1.83 bits per heavy atom. The van der Waals surface area contributed by atoms with Crippen LogP contribution in [0.4, 0.5) is 5.69 Å². The van der Waals surface area contributed by atoms with Crippen LogP contribution in [0.15, 0.2) is 18.2 Å². The van der Waals surface area contributed by atoms with Crippen LogP contribution in [0.2, 0.25) is 0 Å². The first kappa shape index (κ1) is 21.3. The number of carbonyl (C=O) groups excluding carboxylic acids is 1. The third-order valence-corrected chi connectivity index (χ3v) is 3.99. The summed E-state index contributed by atoms with van der Waals surface area (Å²) in [7, 11) is -2.95. The molecule has 0 atom stereocenters. The fraction of sp³-hybridized carbons (Fsp3) is 0.500. The maximum atomic E-state index is 11.1. The number of aryl methyl sites for hydroxylation is 2. The molecule has 1 rings (SSSR count). The van der Waals surface area contributed by atoms with E-state index >= 15 is 0 Å². The van der Waals surface area contributed by atoms with E-state index in [1.807, 2.05) is 32.0 Å². The summed E-state index contributed by atoms with van der Waals surface area (Å²) < 4.78 is 31.7. The summed E-state index contributed by atoms with van der Waals surface area (Å²) in [6.07, 6.45) is 0. The number of benzene rings is 1. The number of rotatable bonds is 6. The van der Waals surface area contributed by atoms with Crippen LogP contribution in [0.5, 0.6) is 0 Å². The van der Waals surface area contributed by atoms with E-state index in [-0.39, 0.29) is 6.73 Å². The van der Waals surface area contributed by atoms with Crippen molar-refractivity contribution in [3.05, 3.63) is 29.3 Å². The summed E-state index contributed by atoms with van der Waals surface area (Å²) in [5, 5.41) is 8.27. The lowest BCUT2D eigenvalue weighted by atomic mass is 10.1. The smallest absolute Gasteiger partial charge is 0.389 e. The summed E-state index contributed by atoms with van der Waals surface area (Å²) in [6, 6.07) is 6.05. The molecule has 23 heavy (non-hydrogen) atoms. The van der Waals surface area contributed by atoms with Gasteiger partial charge in [-0.1, -0.05) is 18.2 Å². The van der Waals surface area contributed by atoms with Crippen molar-refractivity contribution in [1.29, 1.82) is 0 Å². The van der Waals surface area contributed by atoms with E-state index in [0.717, 1.165) is 16.8 Å². The number of ether oxygens (including phenoxy) is 1. The predicted molar refractivity (Wildman–Crippen MR) is 86.7 cm³/mol. The largest absolute Gasteiger partial charge is 0.398 e. The Hall–Kier alpha value is -1.68. The van der Waals surface area contributed by atoms with Gasteiger partial charge in [0.05, 0.1) is 0 Å². The minimum Gasteiger partial charge on any atom is -0.398 e. The molecule has 0 spiro atoms. The van der Waals surface area contributed by atoms with Crippen LogP contribution in [0, 0.1) is 13.8 Å². The number of para-hydroxylation sites is 1. The summed E-state index contributed by atoms with van der Waals surface area (Å²) in [5.74, 6) is -1.23. The highest BCUT2D eigenvalue weighted by Gasteiger charge is 2.22. The molecule has 0 radical (unpaired) electrons. The second-order valence-electron chi connectivity index (χ2n) is 4.60. The molecule has 0 heterocycles. The minimum atomic E-state index is -4.15. The number of nitrogens with two attached hydrogens (primary N) is 1. The molecule has 8 nitrogen and oxygen atoms in total. The molecule has 3 N–H and O–H groups in total. The van der Waals surface area contributed by atoms with Crippen LogP contribution in [-0.2, 0) is 24.0 Å². The quantitative estimate of drug-likeness (QED) is 0.570. The van der Waals surface area contributed by atoms with Gasteiger partial charge in [0.2, 0.25) is 0 Å². The Morgan fingerprint density at radius 1 is 1.30 bits per heavy atom. The zero-order valence-electron chi connectivity index (χ0n) is 13.8. The molecule has 1 aromatic carbocycles. The zero-order chi connectivity index (χ0) is 18.0. The molecule has 0 saturated heterocycles. The molecule has 0 fully saturated rings. The van der Waals surface area contributed by atoms with Gasteiger partial charge in [-0.2, -0.15) is 8.42 Å². The number of carbonyl (C=O) groups is 1. The molecule has 0 amide bonds. The Kier molecular flexibility index (Phi) is 9.42. The number of nitrogen functional groups attached to an aromatic ring is 1. The van der Waals surface area contributed by atoms with Gasteiger partial charge in [-0.05, 0) is 31.9 Å². The van der Waals surface area contributed by atoms with E-state index in [2.05, 4.69) is 4.18 Å². The molecule has 0 aliphatic heterocycles. The molecule has 0 bridgehead atoms. The second kappa shape index (κ2) is 10.2. The molecule has 0 aromatic heterocycles. The van der Waals surface area contributed by atoms with Gasteiger partial charge in [0.1, 0.15) is 13.3 Å². The van der Waals surface area contributed by atoms with Crippen LogP contribution in [0.25, 0.3) is 0 Å². The maximum Gasteiger partial charge on any atom is 0.389 e. The SMILES string of the molecule is CCOCN(C)S(=O)(=O)OC(=O)CO.Cc1cccc(C)c1N. The fourth-order valence-corrected chi connectivity index (χ4v) is 1.94. The van der Waals surface area contributed by atoms with Crippen molar-refractivity contribution in [2.24, 2.45) is 0 Å². The third-order valence-electron chi connectivity index (χ3n) is 2.73. The van der Waals surface area contributed by atoms with E-state index < -0.39 is 22.9 Å².